The molecule has 1 aromatic carbocycles. The molecule has 0 radical (unpaired) electrons. The molecule has 0 heterocycles. The van der Waals surface area contributed by atoms with Crippen molar-refractivity contribution in [2.24, 2.45) is 11.7 Å². The number of amides is 1. The Kier molecular flexibility index (Phi) is 5.54. The number of carbonyl (C=O) groups excluding carboxylic acids is 1. The van der Waals surface area contributed by atoms with Gasteiger partial charge < -0.3 is 16.2 Å². The van der Waals surface area contributed by atoms with Crippen LogP contribution in [0.3, 0.4) is 0 Å². The Balaban J connectivity index is 2.86. The van der Waals surface area contributed by atoms with Gasteiger partial charge in [-0.2, -0.15) is 0 Å². The second kappa shape index (κ2) is 6.69. The number of hydrogen-bond donors (Lipinski definition) is 3. The number of carboxylic acid groups (broad SMARTS) is 1. The highest BCUT2D eigenvalue weighted by Crippen LogP contribution is 2.21. The Morgan fingerprint density at radius 1 is 1.50 bits per heavy atom. The molecule has 0 saturated heterocycles. The summed E-state index contributed by atoms with van der Waals surface area (Å²) in [4.78, 5) is 22.7. The van der Waals surface area contributed by atoms with E-state index in [0.29, 0.717) is 18.7 Å². The van der Waals surface area contributed by atoms with Crippen LogP contribution in [0.4, 0.5) is 5.69 Å². The van der Waals surface area contributed by atoms with Gasteiger partial charge in [0.15, 0.2) is 0 Å². The number of carboxylic acids is 1. The van der Waals surface area contributed by atoms with Crippen LogP contribution in [0.2, 0.25) is 0 Å². The SMILES string of the molecule is CC(CCN)C(=O)Nc1cc(C(=O)O)ccc1I. The maximum atomic E-state index is 11.8. The molecular formula is C12H15IN2O3. The third kappa shape index (κ3) is 3.95. The molecule has 18 heavy (non-hydrogen) atoms. The largest absolute Gasteiger partial charge is 0.478 e. The molecule has 1 atom stereocenters. The summed E-state index contributed by atoms with van der Waals surface area (Å²) in [6.45, 7) is 2.23. The van der Waals surface area contributed by atoms with Gasteiger partial charge in [0.25, 0.3) is 0 Å². The number of hydrogen-bond acceptors (Lipinski definition) is 3. The number of halogens is 1. The quantitative estimate of drug-likeness (QED) is 0.698. The molecule has 1 unspecified atom stereocenters. The highest BCUT2D eigenvalue weighted by atomic mass is 127. The molecule has 0 bridgehead atoms. The van der Waals surface area contributed by atoms with Crippen molar-refractivity contribution in [1.29, 1.82) is 0 Å². The fraction of sp³-hybridized carbons (Fsp3) is 0.333. The third-order valence-corrected chi connectivity index (χ3v) is 3.46. The Labute approximate surface area is 119 Å². The highest BCUT2D eigenvalue weighted by Gasteiger charge is 2.14. The molecule has 1 rings (SSSR count). The first-order valence-electron chi connectivity index (χ1n) is 5.49. The number of anilines is 1. The maximum Gasteiger partial charge on any atom is 0.335 e. The Morgan fingerprint density at radius 2 is 2.17 bits per heavy atom. The second-order valence-electron chi connectivity index (χ2n) is 3.97. The van der Waals surface area contributed by atoms with Gasteiger partial charge >= 0.3 is 5.97 Å². The average molecular weight is 362 g/mol. The standard InChI is InChI=1S/C12H15IN2O3/c1-7(4-5-14)11(16)15-10-6-8(12(17)18)2-3-9(10)13/h2-3,6-7H,4-5,14H2,1H3,(H,15,16)(H,17,18). The molecule has 0 fully saturated rings. The van der Waals surface area contributed by atoms with E-state index < -0.39 is 5.97 Å². The predicted molar refractivity (Wildman–Crippen MR) is 77.6 cm³/mol. The first-order chi connectivity index (χ1) is 8.45. The van der Waals surface area contributed by atoms with Gasteiger partial charge in [0, 0.05) is 9.49 Å². The van der Waals surface area contributed by atoms with Gasteiger partial charge in [0.05, 0.1) is 11.3 Å². The minimum Gasteiger partial charge on any atom is -0.478 e. The second-order valence-corrected chi connectivity index (χ2v) is 5.13. The number of nitrogens with one attached hydrogen (secondary N) is 1. The zero-order valence-electron chi connectivity index (χ0n) is 9.94. The molecule has 0 aromatic heterocycles. The molecule has 0 aliphatic rings. The van der Waals surface area contributed by atoms with Gasteiger partial charge in [-0.25, -0.2) is 4.79 Å². The van der Waals surface area contributed by atoms with Crippen molar-refractivity contribution in [3.63, 3.8) is 0 Å². The van der Waals surface area contributed by atoms with E-state index in [9.17, 15) is 9.59 Å². The summed E-state index contributed by atoms with van der Waals surface area (Å²) in [6.07, 6.45) is 0.598. The summed E-state index contributed by atoms with van der Waals surface area (Å²) in [7, 11) is 0. The van der Waals surface area contributed by atoms with Crippen LogP contribution in [0.1, 0.15) is 23.7 Å². The van der Waals surface area contributed by atoms with Gasteiger partial charge in [-0.1, -0.05) is 6.92 Å². The van der Waals surface area contributed by atoms with Gasteiger partial charge in [-0.15, -0.1) is 0 Å². The molecule has 1 aromatic rings. The number of aromatic carboxylic acids is 1. The molecule has 0 spiro atoms. The normalized spacial score (nSPS) is 11.9. The fourth-order valence-electron chi connectivity index (χ4n) is 1.39. The van der Waals surface area contributed by atoms with E-state index in [-0.39, 0.29) is 17.4 Å². The van der Waals surface area contributed by atoms with Crippen molar-refractivity contribution >= 4 is 40.2 Å². The Bertz CT molecular complexity index is 463. The molecule has 0 aliphatic heterocycles. The number of nitrogens with two attached hydrogens (primary N) is 1. The van der Waals surface area contributed by atoms with Crippen LogP contribution in [0, 0.1) is 9.49 Å². The summed E-state index contributed by atoms with van der Waals surface area (Å²) in [5, 5.41) is 11.6. The zero-order chi connectivity index (χ0) is 13.7. The van der Waals surface area contributed by atoms with E-state index in [0.717, 1.165) is 3.57 Å². The Morgan fingerprint density at radius 3 is 2.72 bits per heavy atom. The van der Waals surface area contributed by atoms with Crippen LogP contribution in [-0.4, -0.2) is 23.5 Å². The fourth-order valence-corrected chi connectivity index (χ4v) is 1.86. The van der Waals surface area contributed by atoms with Gasteiger partial charge in [0.2, 0.25) is 5.91 Å². The van der Waals surface area contributed by atoms with Gasteiger partial charge in [0.1, 0.15) is 0 Å². The van der Waals surface area contributed by atoms with E-state index >= 15 is 0 Å². The van der Waals surface area contributed by atoms with E-state index in [1.807, 2.05) is 22.6 Å². The van der Waals surface area contributed by atoms with E-state index in [2.05, 4.69) is 5.32 Å². The average Bonchev–Trinajstić information content (AvgIpc) is 2.31. The lowest BCUT2D eigenvalue weighted by Crippen LogP contribution is -2.23. The molecule has 98 valence electrons. The lowest BCUT2D eigenvalue weighted by atomic mass is 10.1. The first kappa shape index (κ1) is 14.9. The monoisotopic (exact) mass is 362 g/mol. The maximum absolute atomic E-state index is 11.8. The molecule has 1 amide bonds. The Hall–Kier alpha value is -1.15. The summed E-state index contributed by atoms with van der Waals surface area (Å²) < 4.78 is 0.797. The van der Waals surface area contributed by atoms with Crippen LogP contribution >= 0.6 is 22.6 Å². The van der Waals surface area contributed by atoms with E-state index in [1.165, 1.54) is 12.1 Å². The topological polar surface area (TPSA) is 92.4 Å². The lowest BCUT2D eigenvalue weighted by molar-refractivity contribution is -0.119. The van der Waals surface area contributed by atoms with Crippen molar-refractivity contribution in [1.82, 2.24) is 0 Å². The summed E-state index contributed by atoms with van der Waals surface area (Å²) in [5.41, 5.74) is 6.06. The predicted octanol–water partition coefficient (Wildman–Crippen LogP) is 1.91. The minimum atomic E-state index is -1.02. The van der Waals surface area contributed by atoms with E-state index in [1.54, 1.807) is 13.0 Å². The van der Waals surface area contributed by atoms with Crippen molar-refractivity contribution < 1.29 is 14.7 Å². The van der Waals surface area contributed by atoms with Crippen molar-refractivity contribution in [2.45, 2.75) is 13.3 Å². The molecule has 6 heteroatoms. The molecule has 4 N–H and O–H groups in total. The first-order valence-corrected chi connectivity index (χ1v) is 6.57. The van der Waals surface area contributed by atoms with E-state index in [4.69, 9.17) is 10.8 Å². The number of benzene rings is 1. The van der Waals surface area contributed by atoms with Crippen LogP contribution in [0.5, 0.6) is 0 Å². The minimum absolute atomic E-state index is 0.150. The van der Waals surface area contributed by atoms with Crippen molar-refractivity contribution in [3.8, 4) is 0 Å². The summed E-state index contributed by atoms with van der Waals surface area (Å²) >= 11 is 2.05. The highest BCUT2D eigenvalue weighted by molar-refractivity contribution is 14.1. The van der Waals surface area contributed by atoms with Crippen molar-refractivity contribution in [2.75, 3.05) is 11.9 Å². The van der Waals surface area contributed by atoms with Gasteiger partial charge in [-0.05, 0) is 53.8 Å². The summed E-state index contributed by atoms with van der Waals surface area (Å²) in [5.74, 6) is -1.36. The third-order valence-electron chi connectivity index (χ3n) is 2.52. The lowest BCUT2D eigenvalue weighted by Gasteiger charge is -2.12. The van der Waals surface area contributed by atoms with Crippen LogP contribution in [0.15, 0.2) is 18.2 Å². The zero-order valence-corrected chi connectivity index (χ0v) is 12.1. The number of carbonyl (C=O) groups is 2. The molecular weight excluding hydrogens is 347 g/mol. The van der Waals surface area contributed by atoms with Gasteiger partial charge in [-0.3, -0.25) is 4.79 Å². The van der Waals surface area contributed by atoms with Crippen LogP contribution in [-0.2, 0) is 4.79 Å². The number of rotatable bonds is 5. The van der Waals surface area contributed by atoms with Crippen molar-refractivity contribution in [3.05, 3.63) is 27.3 Å². The molecule has 0 aliphatic carbocycles. The molecule has 0 saturated carbocycles. The van der Waals surface area contributed by atoms with Crippen LogP contribution < -0.4 is 11.1 Å². The molecule has 5 nitrogen and oxygen atoms in total. The summed E-state index contributed by atoms with van der Waals surface area (Å²) in [6, 6.07) is 4.62. The van der Waals surface area contributed by atoms with Crippen LogP contribution in [0.25, 0.3) is 0 Å². The smallest absolute Gasteiger partial charge is 0.335 e.